The van der Waals surface area contributed by atoms with E-state index in [9.17, 15) is 4.79 Å². The first-order chi connectivity index (χ1) is 13.2. The van der Waals surface area contributed by atoms with Crippen molar-refractivity contribution >= 4 is 22.3 Å². The van der Waals surface area contributed by atoms with Gasteiger partial charge in [0.15, 0.2) is 0 Å². The lowest BCUT2D eigenvalue weighted by atomic mass is 10.0. The van der Waals surface area contributed by atoms with Crippen molar-refractivity contribution in [3.63, 3.8) is 0 Å². The van der Waals surface area contributed by atoms with Crippen molar-refractivity contribution in [2.45, 2.75) is 6.42 Å². The van der Waals surface area contributed by atoms with Gasteiger partial charge in [0.05, 0.1) is 12.5 Å². The lowest BCUT2D eigenvalue weighted by Crippen LogP contribution is -2.10. The van der Waals surface area contributed by atoms with Gasteiger partial charge in [-0.1, -0.05) is 30.3 Å². The highest BCUT2D eigenvalue weighted by Gasteiger charge is 2.12. The number of rotatable bonds is 5. The van der Waals surface area contributed by atoms with Gasteiger partial charge in [-0.25, -0.2) is 4.98 Å². The second kappa shape index (κ2) is 7.33. The third kappa shape index (κ3) is 3.53. The summed E-state index contributed by atoms with van der Waals surface area (Å²) < 4.78 is 5.18. The Kier molecular flexibility index (Phi) is 4.58. The molecule has 0 saturated heterocycles. The number of hydrogen-bond acceptors (Lipinski definition) is 4. The highest BCUT2D eigenvalue weighted by atomic mass is 16.5. The number of nitrogens with zero attached hydrogens (tertiary/aromatic N) is 1. The zero-order chi connectivity index (χ0) is 18.6. The Morgan fingerprint density at radius 2 is 1.81 bits per heavy atom. The van der Waals surface area contributed by atoms with Gasteiger partial charge in [-0.05, 0) is 53.3 Å². The van der Waals surface area contributed by atoms with Crippen molar-refractivity contribution in [1.82, 2.24) is 9.97 Å². The fourth-order valence-electron chi connectivity index (χ4n) is 3.12. The van der Waals surface area contributed by atoms with Crippen molar-refractivity contribution < 1.29 is 4.74 Å². The van der Waals surface area contributed by atoms with E-state index >= 15 is 0 Å². The number of nitrogens with one attached hydrogen (secondary N) is 2. The van der Waals surface area contributed by atoms with Crippen molar-refractivity contribution in [3.8, 4) is 5.75 Å². The molecule has 0 fully saturated rings. The van der Waals surface area contributed by atoms with Crippen LogP contribution in [0.15, 0.2) is 77.9 Å². The van der Waals surface area contributed by atoms with Crippen LogP contribution in [0, 0.1) is 0 Å². The van der Waals surface area contributed by atoms with Crippen molar-refractivity contribution in [2.75, 3.05) is 12.4 Å². The number of aromatic amines is 1. The standard InChI is InChI=1S/C22H19N3O2/c1-27-18-9-7-17(8-10-18)25-21-20-19(11-12-23-22(20)26)16(14-24-21)13-15-5-3-2-4-6-15/h2-12,14H,13H2,1H3,(H,23,26)(H,24,25). The normalized spacial score (nSPS) is 10.7. The summed E-state index contributed by atoms with van der Waals surface area (Å²) in [6, 6.07) is 19.6. The molecule has 2 aromatic heterocycles. The molecule has 0 aliphatic carbocycles. The molecule has 2 heterocycles. The topological polar surface area (TPSA) is 67.0 Å². The average Bonchev–Trinajstić information content (AvgIpc) is 2.71. The molecule has 134 valence electrons. The van der Waals surface area contributed by atoms with Gasteiger partial charge >= 0.3 is 0 Å². The maximum Gasteiger partial charge on any atom is 0.259 e. The lowest BCUT2D eigenvalue weighted by molar-refractivity contribution is 0.415. The molecule has 0 amide bonds. The second-order valence-corrected chi connectivity index (χ2v) is 6.24. The summed E-state index contributed by atoms with van der Waals surface area (Å²) in [5.74, 6) is 1.31. The minimum absolute atomic E-state index is 0.161. The van der Waals surface area contributed by atoms with E-state index in [1.165, 1.54) is 5.56 Å². The van der Waals surface area contributed by atoms with Gasteiger partial charge < -0.3 is 15.0 Å². The third-order valence-corrected chi connectivity index (χ3v) is 4.48. The number of pyridine rings is 2. The lowest BCUT2D eigenvalue weighted by Gasteiger charge is -2.12. The summed E-state index contributed by atoms with van der Waals surface area (Å²) in [7, 11) is 1.63. The number of anilines is 2. The molecule has 5 heteroatoms. The number of methoxy groups -OCH3 is 1. The van der Waals surface area contributed by atoms with E-state index in [0.717, 1.165) is 28.8 Å². The van der Waals surface area contributed by atoms with Crippen molar-refractivity contribution in [3.05, 3.63) is 94.5 Å². The minimum atomic E-state index is -0.161. The first-order valence-corrected chi connectivity index (χ1v) is 8.69. The van der Waals surface area contributed by atoms with E-state index < -0.39 is 0 Å². The average molecular weight is 357 g/mol. The maximum absolute atomic E-state index is 12.5. The van der Waals surface area contributed by atoms with Crippen LogP contribution in [0.2, 0.25) is 0 Å². The number of fused-ring (bicyclic) bond motifs is 1. The summed E-state index contributed by atoms with van der Waals surface area (Å²) in [6.45, 7) is 0. The van der Waals surface area contributed by atoms with Crippen LogP contribution >= 0.6 is 0 Å². The largest absolute Gasteiger partial charge is 0.497 e. The zero-order valence-corrected chi connectivity index (χ0v) is 14.9. The van der Waals surface area contributed by atoms with Crippen LogP contribution in [-0.2, 0) is 6.42 Å². The van der Waals surface area contributed by atoms with Crippen LogP contribution in [0.1, 0.15) is 11.1 Å². The predicted molar refractivity (Wildman–Crippen MR) is 108 cm³/mol. The Labute approximate surface area is 156 Å². The number of aromatic nitrogens is 2. The fraction of sp³-hybridized carbons (Fsp3) is 0.0909. The van der Waals surface area contributed by atoms with E-state index in [-0.39, 0.29) is 5.56 Å². The molecule has 5 nitrogen and oxygen atoms in total. The molecular formula is C22H19N3O2. The summed E-state index contributed by atoms with van der Waals surface area (Å²) in [5, 5.41) is 4.70. The molecule has 2 aromatic carbocycles. The van der Waals surface area contributed by atoms with Gasteiger partial charge in [0, 0.05) is 18.1 Å². The van der Waals surface area contributed by atoms with E-state index in [1.54, 1.807) is 13.3 Å². The second-order valence-electron chi connectivity index (χ2n) is 6.24. The van der Waals surface area contributed by atoms with E-state index in [1.807, 2.05) is 54.7 Å². The molecular weight excluding hydrogens is 338 g/mol. The van der Waals surface area contributed by atoms with Crippen LogP contribution in [0.3, 0.4) is 0 Å². The van der Waals surface area contributed by atoms with Gasteiger partial charge in [-0.3, -0.25) is 4.79 Å². The molecule has 4 aromatic rings. The predicted octanol–water partition coefficient (Wildman–Crippen LogP) is 4.27. The molecule has 27 heavy (non-hydrogen) atoms. The zero-order valence-electron chi connectivity index (χ0n) is 14.9. The molecule has 2 N–H and O–H groups in total. The highest BCUT2D eigenvalue weighted by Crippen LogP contribution is 2.26. The first kappa shape index (κ1) is 16.8. The molecule has 0 radical (unpaired) electrons. The van der Waals surface area contributed by atoms with Gasteiger partial charge in [0.25, 0.3) is 5.56 Å². The van der Waals surface area contributed by atoms with Gasteiger partial charge in [-0.15, -0.1) is 0 Å². The SMILES string of the molecule is COc1ccc(Nc2ncc(Cc3ccccc3)c3cc[nH]c(=O)c23)cc1. The number of ether oxygens (including phenoxy) is 1. The van der Waals surface area contributed by atoms with Gasteiger partial charge in [-0.2, -0.15) is 0 Å². The first-order valence-electron chi connectivity index (χ1n) is 8.69. The summed E-state index contributed by atoms with van der Waals surface area (Å²) in [5.41, 5.74) is 2.87. The molecule has 0 aliphatic rings. The Hall–Kier alpha value is -3.60. The smallest absolute Gasteiger partial charge is 0.259 e. The van der Waals surface area contributed by atoms with Crippen LogP contribution < -0.4 is 15.6 Å². The van der Waals surface area contributed by atoms with E-state index in [4.69, 9.17) is 4.74 Å². The maximum atomic E-state index is 12.5. The Morgan fingerprint density at radius 3 is 2.56 bits per heavy atom. The van der Waals surface area contributed by atoms with E-state index in [0.29, 0.717) is 11.2 Å². The number of benzene rings is 2. The van der Waals surface area contributed by atoms with E-state index in [2.05, 4.69) is 27.4 Å². The van der Waals surface area contributed by atoms with Crippen LogP contribution in [0.25, 0.3) is 10.8 Å². The van der Waals surface area contributed by atoms with Crippen LogP contribution in [-0.4, -0.2) is 17.1 Å². The highest BCUT2D eigenvalue weighted by molar-refractivity contribution is 5.94. The van der Waals surface area contributed by atoms with Crippen molar-refractivity contribution in [2.24, 2.45) is 0 Å². The molecule has 0 bridgehead atoms. The molecule has 0 unspecified atom stereocenters. The summed E-state index contributed by atoms with van der Waals surface area (Å²) in [6.07, 6.45) is 4.23. The number of H-pyrrole nitrogens is 1. The van der Waals surface area contributed by atoms with Gasteiger partial charge in [0.2, 0.25) is 0 Å². The summed E-state index contributed by atoms with van der Waals surface area (Å²) in [4.78, 5) is 19.8. The van der Waals surface area contributed by atoms with Crippen LogP contribution in [0.4, 0.5) is 11.5 Å². The fourth-order valence-corrected chi connectivity index (χ4v) is 3.12. The molecule has 0 aliphatic heterocycles. The third-order valence-electron chi connectivity index (χ3n) is 4.48. The summed E-state index contributed by atoms with van der Waals surface area (Å²) >= 11 is 0. The quantitative estimate of drug-likeness (QED) is 0.560. The monoisotopic (exact) mass is 357 g/mol. The molecule has 0 atom stereocenters. The molecule has 4 rings (SSSR count). The Bertz CT molecular complexity index is 1120. The van der Waals surface area contributed by atoms with Crippen LogP contribution in [0.5, 0.6) is 5.75 Å². The molecule has 0 saturated carbocycles. The number of hydrogen-bond donors (Lipinski definition) is 2. The minimum Gasteiger partial charge on any atom is -0.497 e. The van der Waals surface area contributed by atoms with Gasteiger partial charge in [0.1, 0.15) is 11.6 Å². The Balaban J connectivity index is 1.76. The molecule has 0 spiro atoms. The van der Waals surface area contributed by atoms with Crippen molar-refractivity contribution in [1.29, 1.82) is 0 Å². The Morgan fingerprint density at radius 1 is 1.04 bits per heavy atom.